The van der Waals surface area contributed by atoms with Crippen LogP contribution in [0.1, 0.15) is 47.3 Å². The molecule has 0 radical (unpaired) electrons. The van der Waals surface area contributed by atoms with Crippen molar-refractivity contribution >= 4 is 21.6 Å². The predicted octanol–water partition coefficient (Wildman–Crippen LogP) is 3.28. The number of rotatable bonds is 5. The fourth-order valence-corrected chi connectivity index (χ4v) is 4.51. The first-order valence-electron chi connectivity index (χ1n) is 8.86. The summed E-state index contributed by atoms with van der Waals surface area (Å²) < 4.78 is 24.9. The maximum absolute atomic E-state index is 12.6. The predicted molar refractivity (Wildman–Crippen MR) is 104 cm³/mol. The molecule has 0 aliphatic heterocycles. The Hall–Kier alpha value is -2.34. The minimum atomic E-state index is -3.32. The van der Waals surface area contributed by atoms with Crippen LogP contribution < -0.4 is 9.62 Å². The maximum atomic E-state index is 12.6. The van der Waals surface area contributed by atoms with Crippen LogP contribution in [0.3, 0.4) is 0 Å². The van der Waals surface area contributed by atoms with Gasteiger partial charge in [-0.3, -0.25) is 9.10 Å². The number of nitrogens with zero attached hydrogens (tertiary/aromatic N) is 1. The number of benzene rings is 2. The summed E-state index contributed by atoms with van der Waals surface area (Å²) in [6.07, 6.45) is 4.21. The Balaban J connectivity index is 1.75. The highest BCUT2D eigenvalue weighted by Crippen LogP contribution is 2.29. The second kappa shape index (κ2) is 7.50. The average Bonchev–Trinajstić information content (AvgIpc) is 2.62. The monoisotopic (exact) mass is 372 g/mol. The zero-order valence-corrected chi connectivity index (χ0v) is 15.9. The van der Waals surface area contributed by atoms with Crippen molar-refractivity contribution in [2.45, 2.75) is 32.2 Å². The fraction of sp³-hybridized carbons (Fsp3) is 0.350. The van der Waals surface area contributed by atoms with Crippen molar-refractivity contribution in [2.75, 3.05) is 17.1 Å². The van der Waals surface area contributed by atoms with Crippen molar-refractivity contribution < 1.29 is 13.2 Å². The molecule has 0 spiro atoms. The Labute approximate surface area is 155 Å². The molecule has 0 saturated heterocycles. The first kappa shape index (κ1) is 18.5. The first-order valence-corrected chi connectivity index (χ1v) is 10.7. The van der Waals surface area contributed by atoms with Gasteiger partial charge in [-0.25, -0.2) is 8.42 Å². The van der Waals surface area contributed by atoms with Gasteiger partial charge in [-0.1, -0.05) is 24.3 Å². The average molecular weight is 372 g/mol. The van der Waals surface area contributed by atoms with Crippen LogP contribution in [0.5, 0.6) is 0 Å². The largest absolute Gasteiger partial charge is 0.345 e. The Morgan fingerprint density at radius 3 is 2.50 bits per heavy atom. The summed E-state index contributed by atoms with van der Waals surface area (Å²) in [4.78, 5) is 12.6. The summed E-state index contributed by atoms with van der Waals surface area (Å²) in [6.45, 7) is 2.13. The van der Waals surface area contributed by atoms with Crippen molar-refractivity contribution in [2.24, 2.45) is 0 Å². The van der Waals surface area contributed by atoms with Crippen molar-refractivity contribution in [1.82, 2.24) is 5.32 Å². The molecule has 1 atom stereocenters. The van der Waals surface area contributed by atoms with Crippen molar-refractivity contribution in [1.29, 1.82) is 0 Å². The molecule has 0 fully saturated rings. The lowest BCUT2D eigenvalue weighted by molar-refractivity contribution is 0.0933. The van der Waals surface area contributed by atoms with Gasteiger partial charge in [0.25, 0.3) is 5.91 Å². The van der Waals surface area contributed by atoms with Gasteiger partial charge in [0.15, 0.2) is 0 Å². The van der Waals surface area contributed by atoms with Gasteiger partial charge in [-0.05, 0) is 61.6 Å². The zero-order chi connectivity index (χ0) is 18.7. The summed E-state index contributed by atoms with van der Waals surface area (Å²) in [7, 11) is -3.32. The molecule has 1 unspecified atom stereocenters. The standard InChI is InChI=1S/C20H24N2O3S/c1-3-22(26(2,24)25)17-13-11-16(12-14-17)20(23)21-19-10-6-8-15-7-4-5-9-18(15)19/h4-5,7,9,11-14,19H,3,6,8,10H2,1-2H3,(H,21,23). The molecule has 1 N–H and O–H groups in total. The third-order valence-electron chi connectivity index (χ3n) is 4.78. The lowest BCUT2D eigenvalue weighted by Gasteiger charge is -2.26. The quantitative estimate of drug-likeness (QED) is 0.876. The third kappa shape index (κ3) is 3.90. The molecule has 0 aromatic heterocycles. The molecular weight excluding hydrogens is 348 g/mol. The summed E-state index contributed by atoms with van der Waals surface area (Å²) in [6, 6.07) is 14.9. The van der Waals surface area contributed by atoms with Gasteiger partial charge in [-0.2, -0.15) is 0 Å². The van der Waals surface area contributed by atoms with Crippen LogP contribution >= 0.6 is 0 Å². The number of hydrogen-bond donors (Lipinski definition) is 1. The van der Waals surface area contributed by atoms with E-state index < -0.39 is 10.0 Å². The van der Waals surface area contributed by atoms with Crippen molar-refractivity contribution in [3.63, 3.8) is 0 Å². The summed E-state index contributed by atoms with van der Waals surface area (Å²) in [5.74, 6) is -0.138. The van der Waals surface area contributed by atoms with E-state index in [0.717, 1.165) is 19.3 Å². The van der Waals surface area contributed by atoms with Crippen LogP contribution in [0.2, 0.25) is 0 Å². The van der Waals surface area contributed by atoms with E-state index >= 15 is 0 Å². The van der Waals surface area contributed by atoms with Crippen molar-refractivity contribution in [3.8, 4) is 0 Å². The second-order valence-corrected chi connectivity index (χ2v) is 8.50. The van der Waals surface area contributed by atoms with E-state index in [9.17, 15) is 13.2 Å². The number of nitrogens with one attached hydrogen (secondary N) is 1. The van der Waals surface area contributed by atoms with Crippen molar-refractivity contribution in [3.05, 3.63) is 65.2 Å². The molecule has 26 heavy (non-hydrogen) atoms. The van der Waals surface area contributed by atoms with E-state index in [-0.39, 0.29) is 11.9 Å². The van der Waals surface area contributed by atoms with Gasteiger partial charge in [0, 0.05) is 12.1 Å². The highest BCUT2D eigenvalue weighted by Gasteiger charge is 2.22. The van der Waals surface area contributed by atoms with Crippen LogP contribution in [0.4, 0.5) is 5.69 Å². The number of aryl methyl sites for hydroxylation is 1. The third-order valence-corrected chi connectivity index (χ3v) is 6.05. The summed E-state index contributed by atoms with van der Waals surface area (Å²) in [5.41, 5.74) is 3.58. The molecule has 1 amide bonds. The van der Waals surface area contributed by atoms with E-state index in [1.807, 2.05) is 12.1 Å². The molecule has 1 aliphatic carbocycles. The van der Waals surface area contributed by atoms with Gasteiger partial charge in [0.2, 0.25) is 10.0 Å². The number of carbonyl (C=O) groups excluding carboxylic acids is 1. The Kier molecular flexibility index (Phi) is 5.32. The topological polar surface area (TPSA) is 66.5 Å². The molecule has 2 aromatic carbocycles. The molecule has 5 nitrogen and oxygen atoms in total. The molecular formula is C20H24N2O3S. The normalized spacial score (nSPS) is 16.6. The number of sulfonamides is 1. The Morgan fingerprint density at radius 1 is 1.15 bits per heavy atom. The zero-order valence-electron chi connectivity index (χ0n) is 15.1. The molecule has 1 aliphatic rings. The number of carbonyl (C=O) groups is 1. The molecule has 2 aromatic rings. The van der Waals surface area contributed by atoms with Crippen LogP contribution in [-0.2, 0) is 16.4 Å². The van der Waals surface area contributed by atoms with E-state index in [1.54, 1.807) is 31.2 Å². The number of fused-ring (bicyclic) bond motifs is 1. The van der Waals surface area contributed by atoms with Gasteiger partial charge >= 0.3 is 0 Å². The highest BCUT2D eigenvalue weighted by molar-refractivity contribution is 7.92. The molecule has 0 saturated carbocycles. The molecule has 138 valence electrons. The smallest absolute Gasteiger partial charge is 0.251 e. The van der Waals surface area contributed by atoms with E-state index in [0.29, 0.717) is 17.8 Å². The fourth-order valence-electron chi connectivity index (χ4n) is 3.53. The number of anilines is 1. The van der Waals surface area contributed by atoms with Crippen LogP contribution in [0.15, 0.2) is 48.5 Å². The van der Waals surface area contributed by atoms with E-state index in [1.165, 1.54) is 21.7 Å². The molecule has 0 heterocycles. The van der Waals surface area contributed by atoms with Gasteiger partial charge in [0.1, 0.15) is 0 Å². The highest BCUT2D eigenvalue weighted by atomic mass is 32.2. The lowest BCUT2D eigenvalue weighted by Crippen LogP contribution is -2.31. The second-order valence-electron chi connectivity index (χ2n) is 6.59. The molecule has 6 heteroatoms. The minimum Gasteiger partial charge on any atom is -0.345 e. The summed E-state index contributed by atoms with van der Waals surface area (Å²) in [5, 5.41) is 3.11. The van der Waals surface area contributed by atoms with E-state index in [4.69, 9.17) is 0 Å². The Morgan fingerprint density at radius 2 is 1.85 bits per heavy atom. The Bertz CT molecular complexity index is 892. The molecule has 3 rings (SSSR count). The maximum Gasteiger partial charge on any atom is 0.251 e. The van der Waals surface area contributed by atoms with Crippen LogP contribution in [-0.4, -0.2) is 27.1 Å². The number of hydrogen-bond acceptors (Lipinski definition) is 3. The lowest BCUT2D eigenvalue weighted by atomic mass is 9.87. The number of amides is 1. The first-order chi connectivity index (χ1) is 12.4. The molecule has 0 bridgehead atoms. The van der Waals surface area contributed by atoms with Crippen LogP contribution in [0, 0.1) is 0 Å². The van der Waals surface area contributed by atoms with Gasteiger partial charge in [0.05, 0.1) is 18.0 Å². The summed E-state index contributed by atoms with van der Waals surface area (Å²) >= 11 is 0. The van der Waals surface area contributed by atoms with Crippen LogP contribution in [0.25, 0.3) is 0 Å². The van der Waals surface area contributed by atoms with Gasteiger partial charge < -0.3 is 5.32 Å². The van der Waals surface area contributed by atoms with Gasteiger partial charge in [-0.15, -0.1) is 0 Å². The van der Waals surface area contributed by atoms with E-state index in [2.05, 4.69) is 17.4 Å². The SMILES string of the molecule is CCN(c1ccc(C(=O)NC2CCCc3ccccc32)cc1)S(C)(=O)=O. The minimum absolute atomic E-state index is 0.0234.